The molecule has 9 heteroatoms. The van der Waals surface area contributed by atoms with Crippen molar-refractivity contribution in [1.29, 1.82) is 0 Å². The van der Waals surface area contributed by atoms with E-state index in [0.29, 0.717) is 19.5 Å². The van der Waals surface area contributed by atoms with Gasteiger partial charge in [-0.05, 0) is 35.6 Å². The lowest BCUT2D eigenvalue weighted by molar-refractivity contribution is -0.132. The van der Waals surface area contributed by atoms with Crippen molar-refractivity contribution >= 4 is 57.4 Å². The second-order valence-electron chi connectivity index (χ2n) is 6.46. The van der Waals surface area contributed by atoms with Gasteiger partial charge in [0.25, 0.3) is 0 Å². The number of carbonyl (C=O) groups is 2. The van der Waals surface area contributed by atoms with E-state index in [1.54, 1.807) is 11.3 Å². The molecule has 1 aliphatic rings. The molecule has 28 heavy (non-hydrogen) atoms. The highest BCUT2D eigenvalue weighted by Crippen LogP contribution is 2.33. The van der Waals surface area contributed by atoms with E-state index in [2.05, 4.69) is 21.7 Å². The first-order valence-corrected chi connectivity index (χ1v) is 11.8. The van der Waals surface area contributed by atoms with Crippen LogP contribution in [0.5, 0.6) is 0 Å². The Morgan fingerprint density at radius 1 is 1.25 bits per heavy atom. The van der Waals surface area contributed by atoms with Crippen LogP contribution < -0.4 is 5.32 Å². The molecule has 3 aromatic rings. The number of hydrogen-bond acceptors (Lipinski definition) is 6. The van der Waals surface area contributed by atoms with Crippen molar-refractivity contribution in [3.63, 3.8) is 0 Å². The van der Waals surface area contributed by atoms with Crippen LogP contribution in [0.3, 0.4) is 0 Å². The van der Waals surface area contributed by atoms with Crippen molar-refractivity contribution in [2.45, 2.75) is 25.8 Å². The number of aromatic nitrogens is 1. The zero-order chi connectivity index (χ0) is 19.5. The van der Waals surface area contributed by atoms with Crippen LogP contribution in [0, 0.1) is 0 Å². The van der Waals surface area contributed by atoms with Gasteiger partial charge in [0.15, 0.2) is 0 Å². The average Bonchev–Trinajstić information content (AvgIpc) is 3.41. The number of thiophene rings is 2. The molecule has 0 radical (unpaired) electrons. The SMILES string of the molecule is O=C(Cc1csc(-c2ccc(Cl)s2)n1)NCCC(=O)N1CCc2sccc2C1. The molecular formula is C19H18ClN3O2S3. The molecule has 0 aromatic carbocycles. The van der Waals surface area contributed by atoms with Crippen molar-refractivity contribution in [1.82, 2.24) is 15.2 Å². The lowest BCUT2D eigenvalue weighted by atomic mass is 10.1. The Balaban J connectivity index is 1.22. The van der Waals surface area contributed by atoms with E-state index in [1.165, 1.54) is 33.1 Å². The highest BCUT2D eigenvalue weighted by Gasteiger charge is 2.21. The van der Waals surface area contributed by atoms with Crippen LogP contribution in [0.25, 0.3) is 9.88 Å². The minimum Gasteiger partial charge on any atom is -0.355 e. The number of thiazole rings is 1. The molecule has 146 valence electrons. The number of halogens is 1. The highest BCUT2D eigenvalue weighted by molar-refractivity contribution is 7.23. The zero-order valence-corrected chi connectivity index (χ0v) is 18.1. The Kier molecular flexibility index (Phi) is 6.10. The molecule has 0 bridgehead atoms. The van der Waals surface area contributed by atoms with Crippen LogP contribution in [0.15, 0.2) is 29.0 Å². The van der Waals surface area contributed by atoms with Gasteiger partial charge in [-0.1, -0.05) is 11.6 Å². The molecule has 1 aliphatic heterocycles. The fourth-order valence-electron chi connectivity index (χ4n) is 3.09. The van der Waals surface area contributed by atoms with Crippen LogP contribution in [-0.4, -0.2) is 34.8 Å². The van der Waals surface area contributed by atoms with E-state index < -0.39 is 0 Å². The van der Waals surface area contributed by atoms with Gasteiger partial charge in [-0.2, -0.15) is 0 Å². The Bertz CT molecular complexity index is 994. The molecule has 0 fully saturated rings. The normalized spacial score (nSPS) is 13.4. The van der Waals surface area contributed by atoms with Gasteiger partial charge in [0.1, 0.15) is 5.01 Å². The van der Waals surface area contributed by atoms with Gasteiger partial charge in [-0.25, -0.2) is 4.98 Å². The molecule has 1 N–H and O–H groups in total. The largest absolute Gasteiger partial charge is 0.355 e. The first-order valence-electron chi connectivity index (χ1n) is 8.88. The first kappa shape index (κ1) is 19.6. The van der Waals surface area contributed by atoms with Gasteiger partial charge in [0.05, 0.1) is 21.3 Å². The maximum atomic E-state index is 12.4. The van der Waals surface area contributed by atoms with Gasteiger partial charge < -0.3 is 10.2 Å². The second kappa shape index (κ2) is 8.73. The van der Waals surface area contributed by atoms with Crippen LogP contribution >= 0.6 is 45.6 Å². The van der Waals surface area contributed by atoms with Gasteiger partial charge >= 0.3 is 0 Å². The summed E-state index contributed by atoms with van der Waals surface area (Å²) in [6.45, 7) is 1.79. The van der Waals surface area contributed by atoms with E-state index in [0.717, 1.165) is 32.9 Å². The van der Waals surface area contributed by atoms with Crippen molar-refractivity contribution in [2.75, 3.05) is 13.1 Å². The Labute approximate surface area is 180 Å². The predicted octanol–water partition coefficient (Wildman–Crippen LogP) is 4.22. The van der Waals surface area contributed by atoms with Crippen LogP contribution in [0.1, 0.15) is 22.6 Å². The molecule has 0 saturated carbocycles. The maximum Gasteiger partial charge on any atom is 0.226 e. The summed E-state index contributed by atoms with van der Waals surface area (Å²) in [4.78, 5) is 33.3. The molecular weight excluding hydrogens is 434 g/mol. The van der Waals surface area contributed by atoms with Crippen molar-refractivity contribution in [3.05, 3.63) is 49.4 Å². The molecule has 3 aromatic heterocycles. The minimum atomic E-state index is -0.118. The van der Waals surface area contributed by atoms with Crippen molar-refractivity contribution < 1.29 is 9.59 Å². The highest BCUT2D eigenvalue weighted by atomic mass is 35.5. The molecule has 0 aliphatic carbocycles. The lowest BCUT2D eigenvalue weighted by Crippen LogP contribution is -2.37. The summed E-state index contributed by atoms with van der Waals surface area (Å²) in [7, 11) is 0. The number of nitrogens with one attached hydrogen (secondary N) is 1. The number of fused-ring (bicyclic) bond motifs is 1. The van der Waals surface area contributed by atoms with Gasteiger partial charge in [-0.3, -0.25) is 9.59 Å². The summed E-state index contributed by atoms with van der Waals surface area (Å²) in [5.41, 5.74) is 1.98. The third-order valence-electron chi connectivity index (χ3n) is 4.50. The minimum absolute atomic E-state index is 0.0858. The van der Waals surface area contributed by atoms with E-state index in [9.17, 15) is 9.59 Å². The standard InChI is InChI=1S/C19H18ClN3O2S3/c20-16-2-1-15(28-16)19-22-13(11-27-19)9-17(24)21-6-3-18(25)23-7-4-14-12(10-23)5-8-26-14/h1-2,5,8,11H,3-4,6-7,9-10H2,(H,21,24). The topological polar surface area (TPSA) is 62.3 Å². The van der Waals surface area contributed by atoms with Crippen LogP contribution in [0.2, 0.25) is 4.34 Å². The number of amides is 2. The third kappa shape index (κ3) is 4.63. The summed E-state index contributed by atoms with van der Waals surface area (Å²) in [5, 5.41) is 7.67. The Morgan fingerprint density at radius 3 is 2.96 bits per heavy atom. The average molecular weight is 452 g/mol. The Hall–Kier alpha value is -1.74. The summed E-state index contributed by atoms with van der Waals surface area (Å²) in [6.07, 6.45) is 1.46. The summed E-state index contributed by atoms with van der Waals surface area (Å²) in [5.74, 6) is -0.0321. The monoisotopic (exact) mass is 451 g/mol. The van der Waals surface area contributed by atoms with E-state index in [4.69, 9.17) is 11.6 Å². The van der Waals surface area contributed by atoms with Crippen LogP contribution in [-0.2, 0) is 29.0 Å². The summed E-state index contributed by atoms with van der Waals surface area (Å²) in [6, 6.07) is 5.86. The molecule has 0 unspecified atom stereocenters. The van der Waals surface area contributed by atoms with Gasteiger partial charge in [-0.15, -0.1) is 34.0 Å². The van der Waals surface area contributed by atoms with E-state index in [-0.39, 0.29) is 18.2 Å². The maximum absolute atomic E-state index is 12.4. The second-order valence-corrected chi connectivity index (χ2v) is 10.0. The molecule has 4 rings (SSSR count). The van der Waals surface area contributed by atoms with Gasteiger partial charge in [0, 0.05) is 36.3 Å². The summed E-state index contributed by atoms with van der Waals surface area (Å²) >= 11 is 10.7. The third-order valence-corrected chi connectivity index (χ3v) is 7.81. The molecule has 2 amide bonds. The molecule has 0 spiro atoms. The molecule has 4 heterocycles. The number of rotatable bonds is 6. The first-order chi connectivity index (χ1) is 13.6. The predicted molar refractivity (Wildman–Crippen MR) is 115 cm³/mol. The number of nitrogens with zero attached hydrogens (tertiary/aromatic N) is 2. The fourth-order valence-corrected chi connectivity index (χ4v) is 5.91. The van der Waals surface area contributed by atoms with Crippen molar-refractivity contribution in [2.24, 2.45) is 0 Å². The van der Waals surface area contributed by atoms with E-state index >= 15 is 0 Å². The number of hydrogen-bond donors (Lipinski definition) is 1. The smallest absolute Gasteiger partial charge is 0.226 e. The number of carbonyl (C=O) groups excluding carboxylic acids is 2. The zero-order valence-electron chi connectivity index (χ0n) is 14.9. The van der Waals surface area contributed by atoms with E-state index in [1.807, 2.05) is 22.4 Å². The lowest BCUT2D eigenvalue weighted by Gasteiger charge is -2.27. The van der Waals surface area contributed by atoms with Crippen LogP contribution in [0.4, 0.5) is 0 Å². The summed E-state index contributed by atoms with van der Waals surface area (Å²) < 4.78 is 0.720. The van der Waals surface area contributed by atoms with Gasteiger partial charge in [0.2, 0.25) is 11.8 Å². The molecule has 0 atom stereocenters. The molecule has 0 saturated heterocycles. The Morgan fingerprint density at radius 2 is 2.14 bits per heavy atom. The molecule has 5 nitrogen and oxygen atoms in total. The van der Waals surface area contributed by atoms with Crippen molar-refractivity contribution in [3.8, 4) is 9.88 Å². The fraction of sp³-hybridized carbons (Fsp3) is 0.316. The quantitative estimate of drug-likeness (QED) is 0.610.